The molecule has 2 fully saturated rings. The second-order valence-electron chi connectivity index (χ2n) is 7.45. The highest BCUT2D eigenvalue weighted by molar-refractivity contribution is 5.96. The van der Waals surface area contributed by atoms with Gasteiger partial charge in [-0.1, -0.05) is 36.4 Å². The van der Waals surface area contributed by atoms with Gasteiger partial charge in [0.05, 0.1) is 0 Å². The van der Waals surface area contributed by atoms with Gasteiger partial charge in [-0.3, -0.25) is 4.79 Å². The van der Waals surface area contributed by atoms with Crippen LogP contribution in [0.3, 0.4) is 0 Å². The highest BCUT2D eigenvalue weighted by Gasteiger charge is 2.48. The lowest BCUT2D eigenvalue weighted by Gasteiger charge is -2.24. The van der Waals surface area contributed by atoms with Gasteiger partial charge in [0.25, 0.3) is 0 Å². The SMILES string of the molecule is O=C(NCc1ccccc1)N1CC[C@]2(CC(=O)N(c3cccc(F)c3)C2)C1. The van der Waals surface area contributed by atoms with Gasteiger partial charge in [0.15, 0.2) is 0 Å². The summed E-state index contributed by atoms with van der Waals surface area (Å²) in [4.78, 5) is 28.5. The topological polar surface area (TPSA) is 52.7 Å². The Hall–Kier alpha value is -2.89. The first-order chi connectivity index (χ1) is 13.0. The number of benzene rings is 2. The Kier molecular flexibility index (Phi) is 4.56. The van der Waals surface area contributed by atoms with Gasteiger partial charge < -0.3 is 15.1 Å². The molecule has 2 aliphatic rings. The van der Waals surface area contributed by atoms with Crippen molar-refractivity contribution in [3.63, 3.8) is 0 Å². The van der Waals surface area contributed by atoms with E-state index in [1.165, 1.54) is 12.1 Å². The molecule has 140 valence electrons. The Morgan fingerprint density at radius 1 is 1.11 bits per heavy atom. The molecule has 4 rings (SSSR count). The van der Waals surface area contributed by atoms with Crippen molar-refractivity contribution in [2.75, 3.05) is 24.5 Å². The number of halogens is 1. The molecule has 2 heterocycles. The summed E-state index contributed by atoms with van der Waals surface area (Å²) in [5, 5.41) is 2.95. The predicted octanol–water partition coefficient (Wildman–Crippen LogP) is 3.16. The lowest BCUT2D eigenvalue weighted by molar-refractivity contribution is -0.117. The average molecular weight is 367 g/mol. The van der Waals surface area contributed by atoms with Crippen LogP contribution in [-0.2, 0) is 11.3 Å². The van der Waals surface area contributed by atoms with E-state index in [0.29, 0.717) is 38.3 Å². The zero-order chi connectivity index (χ0) is 18.9. The second kappa shape index (κ2) is 7.02. The molecule has 2 aliphatic heterocycles. The van der Waals surface area contributed by atoms with Gasteiger partial charge in [-0.05, 0) is 30.2 Å². The zero-order valence-corrected chi connectivity index (χ0v) is 15.0. The van der Waals surface area contributed by atoms with Gasteiger partial charge in [0.2, 0.25) is 5.91 Å². The molecule has 1 atom stereocenters. The molecule has 6 heteroatoms. The molecule has 0 bridgehead atoms. The van der Waals surface area contributed by atoms with E-state index in [2.05, 4.69) is 5.32 Å². The molecule has 0 aromatic heterocycles. The van der Waals surface area contributed by atoms with Gasteiger partial charge in [-0.25, -0.2) is 9.18 Å². The number of amides is 3. The molecule has 2 aromatic carbocycles. The number of nitrogens with one attached hydrogen (secondary N) is 1. The lowest BCUT2D eigenvalue weighted by atomic mass is 9.86. The first-order valence-corrected chi connectivity index (χ1v) is 9.17. The van der Waals surface area contributed by atoms with Crippen LogP contribution in [-0.4, -0.2) is 36.5 Å². The standard InChI is InChI=1S/C21H22FN3O2/c22-17-7-4-8-18(11-17)25-15-21(12-19(25)26)9-10-24(14-21)20(27)23-13-16-5-2-1-3-6-16/h1-8,11H,9-10,12-15H2,(H,23,27)/t21-/m0/s1. The van der Waals surface area contributed by atoms with E-state index < -0.39 is 0 Å². The molecule has 3 amide bonds. The molecular formula is C21H22FN3O2. The van der Waals surface area contributed by atoms with Crippen molar-refractivity contribution in [3.05, 3.63) is 66.0 Å². The van der Waals surface area contributed by atoms with Crippen molar-refractivity contribution < 1.29 is 14.0 Å². The van der Waals surface area contributed by atoms with Crippen molar-refractivity contribution in [1.29, 1.82) is 0 Å². The number of carbonyl (C=O) groups excluding carboxylic acids is 2. The minimum absolute atomic E-state index is 0.00727. The minimum Gasteiger partial charge on any atom is -0.334 e. The van der Waals surface area contributed by atoms with E-state index in [-0.39, 0.29) is 23.2 Å². The largest absolute Gasteiger partial charge is 0.334 e. The number of hydrogen-bond donors (Lipinski definition) is 1. The number of rotatable bonds is 3. The molecule has 0 radical (unpaired) electrons. The normalized spacial score (nSPS) is 21.9. The van der Waals surface area contributed by atoms with Crippen LogP contribution >= 0.6 is 0 Å². The molecule has 0 unspecified atom stereocenters. The van der Waals surface area contributed by atoms with Crippen molar-refractivity contribution in [1.82, 2.24) is 10.2 Å². The first-order valence-electron chi connectivity index (χ1n) is 9.17. The van der Waals surface area contributed by atoms with Crippen LogP contribution in [0.4, 0.5) is 14.9 Å². The van der Waals surface area contributed by atoms with Gasteiger partial charge in [-0.15, -0.1) is 0 Å². The maximum Gasteiger partial charge on any atom is 0.317 e. The van der Waals surface area contributed by atoms with E-state index in [0.717, 1.165) is 12.0 Å². The highest BCUT2D eigenvalue weighted by Crippen LogP contribution is 2.41. The summed E-state index contributed by atoms with van der Waals surface area (Å²) in [5.41, 5.74) is 1.39. The number of hydrogen-bond acceptors (Lipinski definition) is 2. The zero-order valence-electron chi connectivity index (χ0n) is 15.0. The van der Waals surface area contributed by atoms with E-state index in [4.69, 9.17) is 0 Å². The first kappa shape index (κ1) is 17.5. The molecule has 1 spiro atoms. The van der Waals surface area contributed by atoms with Crippen LogP contribution in [0, 0.1) is 11.2 Å². The summed E-state index contributed by atoms with van der Waals surface area (Å²) >= 11 is 0. The fraction of sp³-hybridized carbons (Fsp3) is 0.333. The van der Waals surface area contributed by atoms with Gasteiger partial charge in [0.1, 0.15) is 5.82 Å². The van der Waals surface area contributed by atoms with Crippen molar-refractivity contribution in [2.45, 2.75) is 19.4 Å². The molecule has 5 nitrogen and oxygen atoms in total. The smallest absolute Gasteiger partial charge is 0.317 e. The molecule has 1 N–H and O–H groups in total. The summed E-state index contributed by atoms with van der Waals surface area (Å²) in [6.07, 6.45) is 1.18. The third kappa shape index (κ3) is 3.65. The van der Waals surface area contributed by atoms with Crippen LogP contribution in [0.1, 0.15) is 18.4 Å². The maximum absolute atomic E-state index is 13.5. The summed E-state index contributed by atoms with van der Waals surface area (Å²) in [5.74, 6) is -0.360. The van der Waals surface area contributed by atoms with Crippen molar-refractivity contribution in [2.24, 2.45) is 5.41 Å². The number of nitrogens with zero attached hydrogens (tertiary/aromatic N) is 2. The lowest BCUT2D eigenvalue weighted by Crippen LogP contribution is -2.40. The molecular weight excluding hydrogens is 345 g/mol. The Bertz CT molecular complexity index is 858. The van der Waals surface area contributed by atoms with Gasteiger partial charge in [-0.2, -0.15) is 0 Å². The molecule has 2 aromatic rings. The summed E-state index contributed by atoms with van der Waals surface area (Å²) < 4.78 is 13.5. The monoisotopic (exact) mass is 367 g/mol. The van der Waals surface area contributed by atoms with Crippen LogP contribution in [0.5, 0.6) is 0 Å². The molecule has 2 saturated heterocycles. The third-order valence-electron chi connectivity index (χ3n) is 5.45. The minimum atomic E-state index is -0.352. The summed E-state index contributed by atoms with van der Waals surface area (Å²) in [6.45, 7) is 2.19. The average Bonchev–Trinajstić information content (AvgIpc) is 3.23. The number of anilines is 1. The van der Waals surface area contributed by atoms with E-state index in [1.54, 1.807) is 21.9 Å². The Labute approximate surface area is 157 Å². The fourth-order valence-corrected chi connectivity index (χ4v) is 4.04. The highest BCUT2D eigenvalue weighted by atomic mass is 19.1. The third-order valence-corrected chi connectivity index (χ3v) is 5.45. The Morgan fingerprint density at radius 2 is 1.93 bits per heavy atom. The van der Waals surface area contributed by atoms with Crippen LogP contribution in [0.2, 0.25) is 0 Å². The Balaban J connectivity index is 1.38. The summed E-state index contributed by atoms with van der Waals surface area (Å²) in [6, 6.07) is 15.8. The van der Waals surface area contributed by atoms with Crippen LogP contribution < -0.4 is 10.2 Å². The number of urea groups is 1. The molecule has 0 saturated carbocycles. The van der Waals surface area contributed by atoms with E-state index >= 15 is 0 Å². The van der Waals surface area contributed by atoms with E-state index in [9.17, 15) is 14.0 Å². The summed E-state index contributed by atoms with van der Waals surface area (Å²) in [7, 11) is 0. The van der Waals surface area contributed by atoms with Crippen molar-refractivity contribution in [3.8, 4) is 0 Å². The molecule has 0 aliphatic carbocycles. The number of likely N-dealkylation sites (tertiary alicyclic amines) is 1. The van der Waals surface area contributed by atoms with Gasteiger partial charge in [0, 0.05) is 43.7 Å². The maximum atomic E-state index is 13.5. The van der Waals surface area contributed by atoms with Crippen LogP contribution in [0.15, 0.2) is 54.6 Å². The Morgan fingerprint density at radius 3 is 2.70 bits per heavy atom. The second-order valence-corrected chi connectivity index (χ2v) is 7.45. The number of carbonyl (C=O) groups is 2. The van der Waals surface area contributed by atoms with E-state index in [1.807, 2.05) is 30.3 Å². The predicted molar refractivity (Wildman–Crippen MR) is 101 cm³/mol. The van der Waals surface area contributed by atoms with Crippen LogP contribution in [0.25, 0.3) is 0 Å². The fourth-order valence-electron chi connectivity index (χ4n) is 4.04. The van der Waals surface area contributed by atoms with Gasteiger partial charge >= 0.3 is 6.03 Å². The van der Waals surface area contributed by atoms with Crippen molar-refractivity contribution >= 4 is 17.6 Å². The quantitative estimate of drug-likeness (QED) is 0.906. The molecule has 27 heavy (non-hydrogen) atoms.